The number of nitrogens with one attached hydrogen (secondary N) is 1. The second-order valence-corrected chi connectivity index (χ2v) is 5.84. The minimum Gasteiger partial charge on any atom is -0.355 e. The van der Waals surface area contributed by atoms with Crippen molar-refractivity contribution < 1.29 is 9.18 Å². The van der Waals surface area contributed by atoms with Crippen LogP contribution in [0.5, 0.6) is 0 Å². The van der Waals surface area contributed by atoms with Gasteiger partial charge < -0.3 is 9.88 Å². The number of nitrogens with zero attached hydrogens (tertiary/aromatic N) is 2. The second kappa shape index (κ2) is 5.19. The molecule has 2 aromatic heterocycles. The molecule has 0 spiro atoms. The summed E-state index contributed by atoms with van der Waals surface area (Å²) in [7, 11) is 0. The Morgan fingerprint density at radius 3 is 3.00 bits per heavy atom. The van der Waals surface area contributed by atoms with Crippen molar-refractivity contribution in [3.05, 3.63) is 65.2 Å². The van der Waals surface area contributed by atoms with Gasteiger partial charge in [0.2, 0.25) is 5.91 Å². The van der Waals surface area contributed by atoms with Gasteiger partial charge in [-0.1, -0.05) is 12.1 Å². The summed E-state index contributed by atoms with van der Waals surface area (Å²) in [6, 6.07) is 10.00. The number of H-pyrrole nitrogens is 1. The monoisotopic (exact) mass is 309 g/mol. The number of benzene rings is 1. The molecule has 3 aromatic rings. The van der Waals surface area contributed by atoms with Gasteiger partial charge in [0.1, 0.15) is 5.82 Å². The van der Waals surface area contributed by atoms with Crippen molar-refractivity contribution in [3.63, 3.8) is 0 Å². The topological polar surface area (TPSA) is 49.0 Å². The second-order valence-electron chi connectivity index (χ2n) is 5.84. The van der Waals surface area contributed by atoms with E-state index in [0.717, 1.165) is 34.3 Å². The lowest BCUT2D eigenvalue weighted by Gasteiger charge is -2.35. The lowest BCUT2D eigenvalue weighted by atomic mass is 9.93. The van der Waals surface area contributed by atoms with E-state index in [1.165, 1.54) is 12.1 Å². The number of carbonyl (C=O) groups excluding carboxylic acids is 1. The average molecular weight is 309 g/mol. The third-order valence-corrected chi connectivity index (χ3v) is 4.44. The molecule has 0 bridgehead atoms. The van der Waals surface area contributed by atoms with Crippen molar-refractivity contribution in [1.82, 2.24) is 14.9 Å². The van der Waals surface area contributed by atoms with Gasteiger partial charge in [0.15, 0.2) is 0 Å². The van der Waals surface area contributed by atoms with Crippen molar-refractivity contribution in [1.29, 1.82) is 0 Å². The molecule has 116 valence electrons. The van der Waals surface area contributed by atoms with Gasteiger partial charge in [-0.15, -0.1) is 0 Å². The fourth-order valence-corrected chi connectivity index (χ4v) is 3.46. The van der Waals surface area contributed by atoms with E-state index in [1.54, 1.807) is 24.1 Å². The van der Waals surface area contributed by atoms with Crippen LogP contribution in [0, 0.1) is 5.82 Å². The standard InChI is InChI=1S/C18H16FN3O/c1-11(23)22-9-7-14-16-15(6-3-8-20-16)21-17(14)18(22)12-4-2-5-13(19)10-12/h2-6,8,10,18,21H,7,9H2,1H3. The summed E-state index contributed by atoms with van der Waals surface area (Å²) in [5, 5.41) is 0. The van der Waals surface area contributed by atoms with E-state index >= 15 is 0 Å². The van der Waals surface area contributed by atoms with Gasteiger partial charge in [-0.3, -0.25) is 9.78 Å². The Bertz CT molecular complexity index is 902. The number of aromatic amines is 1. The SMILES string of the molecule is CC(=O)N1CCc2c([nH]c3cccnc23)C1c1cccc(F)c1. The Hall–Kier alpha value is -2.69. The molecule has 4 rings (SSSR count). The van der Waals surface area contributed by atoms with E-state index in [-0.39, 0.29) is 17.8 Å². The first-order valence-corrected chi connectivity index (χ1v) is 7.63. The van der Waals surface area contributed by atoms with Gasteiger partial charge in [-0.25, -0.2) is 4.39 Å². The van der Waals surface area contributed by atoms with Crippen LogP contribution in [0.15, 0.2) is 42.6 Å². The van der Waals surface area contributed by atoms with E-state index < -0.39 is 0 Å². The molecule has 1 unspecified atom stereocenters. The third kappa shape index (κ3) is 2.20. The Morgan fingerprint density at radius 2 is 2.22 bits per heavy atom. The first-order chi connectivity index (χ1) is 11.1. The Kier molecular flexibility index (Phi) is 3.15. The number of pyridine rings is 1. The molecule has 4 nitrogen and oxygen atoms in total. The summed E-state index contributed by atoms with van der Waals surface area (Å²) in [6.45, 7) is 2.16. The summed E-state index contributed by atoms with van der Waals surface area (Å²) >= 11 is 0. The van der Waals surface area contributed by atoms with Gasteiger partial charge in [0, 0.05) is 30.9 Å². The maximum Gasteiger partial charge on any atom is 0.220 e. The van der Waals surface area contributed by atoms with Gasteiger partial charge in [-0.2, -0.15) is 0 Å². The highest BCUT2D eigenvalue weighted by atomic mass is 19.1. The van der Waals surface area contributed by atoms with Gasteiger partial charge in [0.25, 0.3) is 0 Å². The van der Waals surface area contributed by atoms with Crippen LogP contribution in [0.25, 0.3) is 11.0 Å². The van der Waals surface area contributed by atoms with E-state index in [9.17, 15) is 9.18 Å². The highest BCUT2D eigenvalue weighted by molar-refractivity contribution is 5.82. The highest BCUT2D eigenvalue weighted by Gasteiger charge is 2.33. The number of aromatic nitrogens is 2. The van der Waals surface area contributed by atoms with Crippen LogP contribution in [0.3, 0.4) is 0 Å². The molecule has 23 heavy (non-hydrogen) atoms. The predicted molar refractivity (Wildman–Crippen MR) is 85.4 cm³/mol. The van der Waals surface area contributed by atoms with Crippen LogP contribution >= 0.6 is 0 Å². The molecular weight excluding hydrogens is 293 g/mol. The normalized spacial score (nSPS) is 17.3. The van der Waals surface area contributed by atoms with E-state index in [1.807, 2.05) is 18.2 Å². The Morgan fingerprint density at radius 1 is 1.35 bits per heavy atom. The molecule has 0 saturated carbocycles. The Balaban J connectivity index is 1.95. The third-order valence-electron chi connectivity index (χ3n) is 4.44. The fraction of sp³-hybridized carbons (Fsp3) is 0.222. The van der Waals surface area contributed by atoms with Crippen LogP contribution in [0.2, 0.25) is 0 Å². The Labute approximate surface area is 133 Å². The first kappa shape index (κ1) is 13.9. The average Bonchev–Trinajstić information content (AvgIpc) is 2.92. The van der Waals surface area contributed by atoms with Gasteiger partial charge in [0.05, 0.1) is 17.1 Å². The largest absolute Gasteiger partial charge is 0.355 e. The van der Waals surface area contributed by atoms with E-state index in [4.69, 9.17) is 0 Å². The van der Waals surface area contributed by atoms with Crippen molar-refractivity contribution in [2.24, 2.45) is 0 Å². The van der Waals surface area contributed by atoms with Crippen LogP contribution in [-0.2, 0) is 11.2 Å². The quantitative estimate of drug-likeness (QED) is 0.750. The first-order valence-electron chi connectivity index (χ1n) is 7.63. The van der Waals surface area contributed by atoms with Crippen molar-refractivity contribution in [3.8, 4) is 0 Å². The number of rotatable bonds is 1. The molecule has 0 aliphatic carbocycles. The zero-order valence-electron chi connectivity index (χ0n) is 12.7. The minimum absolute atomic E-state index is 0.0171. The van der Waals surface area contributed by atoms with Crippen LogP contribution in [-0.4, -0.2) is 27.3 Å². The predicted octanol–water partition coefficient (Wildman–Crippen LogP) is 3.20. The number of fused-ring (bicyclic) bond motifs is 3. The number of hydrogen-bond donors (Lipinski definition) is 1. The van der Waals surface area contributed by atoms with Crippen molar-refractivity contribution in [2.45, 2.75) is 19.4 Å². The maximum atomic E-state index is 13.7. The summed E-state index contributed by atoms with van der Waals surface area (Å²) < 4.78 is 13.7. The maximum absolute atomic E-state index is 13.7. The van der Waals surface area contributed by atoms with Crippen LogP contribution < -0.4 is 0 Å². The summed E-state index contributed by atoms with van der Waals surface area (Å²) in [5.74, 6) is -0.316. The highest BCUT2D eigenvalue weighted by Crippen LogP contribution is 2.37. The molecular formula is C18H16FN3O. The van der Waals surface area contributed by atoms with E-state index in [0.29, 0.717) is 6.54 Å². The molecule has 1 aliphatic rings. The number of carbonyl (C=O) groups is 1. The molecule has 5 heteroatoms. The van der Waals surface area contributed by atoms with Gasteiger partial charge >= 0.3 is 0 Å². The molecule has 0 fully saturated rings. The molecule has 0 radical (unpaired) electrons. The molecule has 1 amide bonds. The smallest absolute Gasteiger partial charge is 0.220 e. The van der Waals surface area contributed by atoms with Crippen LogP contribution in [0.4, 0.5) is 4.39 Å². The van der Waals surface area contributed by atoms with Crippen molar-refractivity contribution >= 4 is 16.9 Å². The molecule has 0 saturated heterocycles. The molecule has 3 heterocycles. The number of amides is 1. The van der Waals surface area contributed by atoms with E-state index in [2.05, 4.69) is 9.97 Å². The summed E-state index contributed by atoms with van der Waals surface area (Å²) in [5.41, 5.74) is 4.71. The van der Waals surface area contributed by atoms with Gasteiger partial charge in [-0.05, 0) is 36.2 Å². The molecule has 1 aromatic carbocycles. The minimum atomic E-state index is -0.304. The number of hydrogen-bond acceptors (Lipinski definition) is 2. The van der Waals surface area contributed by atoms with Crippen molar-refractivity contribution in [2.75, 3.05) is 6.54 Å². The summed E-state index contributed by atoms with van der Waals surface area (Å²) in [6.07, 6.45) is 2.52. The lowest BCUT2D eigenvalue weighted by molar-refractivity contribution is -0.130. The number of halogens is 1. The zero-order valence-corrected chi connectivity index (χ0v) is 12.7. The summed E-state index contributed by atoms with van der Waals surface area (Å²) in [4.78, 5) is 21.7. The zero-order chi connectivity index (χ0) is 16.0. The fourth-order valence-electron chi connectivity index (χ4n) is 3.46. The molecule has 1 aliphatic heterocycles. The molecule has 1 N–H and O–H groups in total. The molecule has 1 atom stereocenters. The lowest BCUT2D eigenvalue weighted by Crippen LogP contribution is -2.39. The van der Waals surface area contributed by atoms with Crippen LogP contribution in [0.1, 0.15) is 29.8 Å².